The molecule has 2 heterocycles. The van der Waals surface area contributed by atoms with Crippen molar-refractivity contribution in [1.82, 2.24) is 9.55 Å². The minimum absolute atomic E-state index is 0.553. The van der Waals surface area contributed by atoms with Crippen molar-refractivity contribution in [3.63, 3.8) is 0 Å². The van der Waals surface area contributed by atoms with E-state index in [1.807, 2.05) is 55.5 Å². The Balaban J connectivity index is 1.68. The molecule has 0 saturated heterocycles. The first-order valence-electron chi connectivity index (χ1n) is 11.4. The molecule has 0 aliphatic heterocycles. The number of rotatable bonds is 3. The van der Waals surface area contributed by atoms with Crippen LogP contribution in [0.2, 0.25) is 0 Å². The highest BCUT2D eigenvalue weighted by Crippen LogP contribution is 2.36. The quantitative estimate of drug-likeness (QED) is 0.309. The molecule has 3 aromatic carbocycles. The van der Waals surface area contributed by atoms with E-state index >= 15 is 0 Å². The Labute approximate surface area is 198 Å². The van der Waals surface area contributed by atoms with Crippen LogP contribution in [0.3, 0.4) is 0 Å². The van der Waals surface area contributed by atoms with Crippen LogP contribution >= 0.6 is 0 Å². The van der Waals surface area contributed by atoms with Crippen molar-refractivity contribution in [2.75, 3.05) is 0 Å². The Morgan fingerprint density at radius 2 is 1.41 bits per heavy atom. The summed E-state index contributed by atoms with van der Waals surface area (Å²) >= 11 is 0. The smallest absolute Gasteiger partial charge is 0.138 e. The maximum absolute atomic E-state index is 8.89. The topological polar surface area (TPSA) is 41.7 Å². The molecular weight excluding hydrogens is 414 g/mol. The number of pyridine rings is 1. The van der Waals surface area contributed by atoms with E-state index in [-0.39, 0.29) is 0 Å². The molecule has 0 amide bonds. The van der Waals surface area contributed by atoms with Gasteiger partial charge in [-0.2, -0.15) is 0 Å². The van der Waals surface area contributed by atoms with Gasteiger partial charge < -0.3 is 0 Å². The summed E-state index contributed by atoms with van der Waals surface area (Å²) in [6.45, 7) is 1.98. The molecule has 3 nitrogen and oxygen atoms in total. The zero-order chi connectivity index (χ0) is 23.1. The second kappa shape index (κ2) is 8.13. The molecule has 0 saturated carbocycles. The number of aromatic nitrogens is 2. The Morgan fingerprint density at radius 1 is 0.735 bits per heavy atom. The lowest BCUT2D eigenvalue weighted by molar-refractivity contribution is 1.03. The van der Waals surface area contributed by atoms with Gasteiger partial charge in [0.2, 0.25) is 0 Å². The van der Waals surface area contributed by atoms with Gasteiger partial charge in [0, 0.05) is 16.5 Å². The van der Waals surface area contributed by atoms with Crippen molar-refractivity contribution in [3.05, 3.63) is 126 Å². The molecule has 2 aromatic heterocycles. The number of allylic oxidation sites excluding steroid dienone is 3. The van der Waals surface area contributed by atoms with Crippen molar-refractivity contribution >= 4 is 22.7 Å². The van der Waals surface area contributed by atoms with E-state index in [4.69, 9.17) is 10.4 Å². The van der Waals surface area contributed by atoms with Crippen molar-refractivity contribution in [1.29, 1.82) is 5.41 Å². The average Bonchev–Trinajstić information content (AvgIpc) is 3.25. The normalized spacial score (nSPS) is 14.0. The summed E-state index contributed by atoms with van der Waals surface area (Å²) in [6, 6.07) is 33.3. The van der Waals surface area contributed by atoms with Gasteiger partial charge in [-0.05, 0) is 47.9 Å². The molecule has 3 heteroatoms. The zero-order valence-corrected chi connectivity index (χ0v) is 18.9. The lowest BCUT2D eigenvalue weighted by Crippen LogP contribution is -2.09. The standard InChI is InChI=1S/C31H23N3/c1-2-21-17-18-28-30(31(21)32)25-15-9-10-16-27(25)34(28)29-20-24(22-11-5-3-6-12-22)19-26(33-29)23-13-7-4-8-14-23/h2-20,32H,1H3/b21-2-,32-31?. The Bertz CT molecular complexity index is 1550. The van der Waals surface area contributed by atoms with E-state index in [9.17, 15) is 0 Å². The van der Waals surface area contributed by atoms with Gasteiger partial charge >= 0.3 is 0 Å². The predicted octanol–water partition coefficient (Wildman–Crippen LogP) is 7.70. The average molecular weight is 438 g/mol. The van der Waals surface area contributed by atoms with Crippen LogP contribution in [-0.2, 0) is 0 Å². The number of benzene rings is 3. The molecule has 0 spiro atoms. The molecule has 162 valence electrons. The third kappa shape index (κ3) is 3.22. The van der Waals surface area contributed by atoms with Crippen LogP contribution in [0, 0.1) is 5.41 Å². The fourth-order valence-electron chi connectivity index (χ4n) is 4.75. The van der Waals surface area contributed by atoms with Gasteiger partial charge in [-0.25, -0.2) is 4.98 Å². The van der Waals surface area contributed by atoms with E-state index in [1.165, 1.54) is 0 Å². The molecule has 34 heavy (non-hydrogen) atoms. The van der Waals surface area contributed by atoms with Gasteiger partial charge in [0.05, 0.1) is 22.6 Å². The second-order valence-electron chi connectivity index (χ2n) is 8.40. The number of hydrogen-bond acceptors (Lipinski definition) is 2. The maximum atomic E-state index is 8.89. The lowest BCUT2D eigenvalue weighted by atomic mass is 9.94. The summed E-state index contributed by atoms with van der Waals surface area (Å²) in [5.74, 6) is 0.846. The summed E-state index contributed by atoms with van der Waals surface area (Å²) in [4.78, 5) is 5.14. The molecule has 0 bridgehead atoms. The summed E-state index contributed by atoms with van der Waals surface area (Å²) in [6.07, 6.45) is 6.14. The molecule has 0 fully saturated rings. The second-order valence-corrected chi connectivity index (χ2v) is 8.40. The SMILES string of the molecule is C/C=C1/C=Cc2c(c3ccccc3n2-c2cc(-c3ccccc3)cc(-c3ccccc3)n2)C1=N. The van der Waals surface area contributed by atoms with Crippen molar-refractivity contribution in [2.45, 2.75) is 6.92 Å². The van der Waals surface area contributed by atoms with Gasteiger partial charge in [0.15, 0.2) is 0 Å². The van der Waals surface area contributed by atoms with Gasteiger partial charge in [0.25, 0.3) is 0 Å². The molecular formula is C31H23N3. The fraction of sp³-hybridized carbons (Fsp3) is 0.0323. The lowest BCUT2D eigenvalue weighted by Gasteiger charge is -2.16. The van der Waals surface area contributed by atoms with Crippen LogP contribution in [0.4, 0.5) is 0 Å². The number of nitrogens with one attached hydrogen (secondary N) is 1. The highest BCUT2D eigenvalue weighted by Gasteiger charge is 2.24. The van der Waals surface area contributed by atoms with Crippen LogP contribution in [0.25, 0.3) is 45.2 Å². The van der Waals surface area contributed by atoms with Crippen molar-refractivity contribution in [2.24, 2.45) is 0 Å². The molecule has 5 aromatic rings. The molecule has 1 aliphatic rings. The zero-order valence-electron chi connectivity index (χ0n) is 18.9. The van der Waals surface area contributed by atoms with Gasteiger partial charge in [-0.1, -0.05) is 91.0 Å². The fourth-order valence-corrected chi connectivity index (χ4v) is 4.75. The summed E-state index contributed by atoms with van der Waals surface area (Å²) < 4.78 is 2.20. The molecule has 0 atom stereocenters. The first kappa shape index (κ1) is 20.1. The van der Waals surface area contributed by atoms with Crippen LogP contribution in [0.15, 0.2) is 115 Å². The summed E-state index contributed by atoms with van der Waals surface area (Å²) in [7, 11) is 0. The van der Waals surface area contributed by atoms with Gasteiger partial charge in [-0.3, -0.25) is 9.98 Å². The van der Waals surface area contributed by atoms with Crippen molar-refractivity contribution < 1.29 is 0 Å². The highest BCUT2D eigenvalue weighted by atomic mass is 15.1. The van der Waals surface area contributed by atoms with E-state index in [2.05, 4.69) is 71.3 Å². The summed E-state index contributed by atoms with van der Waals surface area (Å²) in [5.41, 5.74) is 8.75. The minimum atomic E-state index is 0.553. The van der Waals surface area contributed by atoms with Crippen LogP contribution in [0.1, 0.15) is 18.2 Å². The number of para-hydroxylation sites is 1. The maximum Gasteiger partial charge on any atom is 0.138 e. The third-order valence-electron chi connectivity index (χ3n) is 6.40. The molecule has 0 radical (unpaired) electrons. The van der Waals surface area contributed by atoms with E-state index in [1.54, 1.807) is 0 Å². The third-order valence-corrected chi connectivity index (χ3v) is 6.40. The number of hydrogen-bond donors (Lipinski definition) is 1. The minimum Gasteiger partial charge on any atom is -0.300 e. The van der Waals surface area contributed by atoms with Crippen molar-refractivity contribution in [3.8, 4) is 28.2 Å². The van der Waals surface area contributed by atoms with Gasteiger partial charge in [-0.15, -0.1) is 0 Å². The predicted molar refractivity (Wildman–Crippen MR) is 142 cm³/mol. The van der Waals surface area contributed by atoms with Gasteiger partial charge in [0.1, 0.15) is 5.82 Å². The summed E-state index contributed by atoms with van der Waals surface area (Å²) in [5, 5.41) is 9.95. The molecule has 1 aliphatic carbocycles. The molecule has 0 unspecified atom stereocenters. The number of nitrogens with zero attached hydrogens (tertiary/aromatic N) is 2. The largest absolute Gasteiger partial charge is 0.300 e. The monoisotopic (exact) mass is 437 g/mol. The Kier molecular flexibility index (Phi) is 4.81. The first-order chi connectivity index (χ1) is 16.7. The molecule has 1 N–H and O–H groups in total. The van der Waals surface area contributed by atoms with Crippen LogP contribution in [0.5, 0.6) is 0 Å². The number of fused-ring (bicyclic) bond motifs is 3. The first-order valence-corrected chi connectivity index (χ1v) is 11.4. The van der Waals surface area contributed by atoms with E-state index in [0.717, 1.165) is 55.9 Å². The van der Waals surface area contributed by atoms with Crippen LogP contribution in [-0.4, -0.2) is 15.3 Å². The van der Waals surface area contributed by atoms with E-state index in [0.29, 0.717) is 5.71 Å². The Hall–Kier alpha value is -4.50. The highest BCUT2D eigenvalue weighted by molar-refractivity contribution is 6.23. The molecule has 6 rings (SSSR count). The van der Waals surface area contributed by atoms with Crippen LogP contribution < -0.4 is 0 Å². The Morgan fingerprint density at radius 3 is 2.15 bits per heavy atom. The van der Waals surface area contributed by atoms with E-state index < -0.39 is 0 Å².